The number of carbonyl (C=O) groups excluding carboxylic acids is 1. The van der Waals surface area contributed by atoms with E-state index in [9.17, 15) is 14.9 Å². The molecule has 0 fully saturated rings. The molecule has 0 bridgehead atoms. The quantitative estimate of drug-likeness (QED) is 0.304. The molecule has 3 rings (SSSR count). The predicted molar refractivity (Wildman–Crippen MR) is 107 cm³/mol. The van der Waals surface area contributed by atoms with Gasteiger partial charge in [-0.1, -0.05) is 12.1 Å². The summed E-state index contributed by atoms with van der Waals surface area (Å²) in [6.45, 7) is 1.96. The molecule has 0 radical (unpaired) electrons. The number of thiazole rings is 1. The minimum atomic E-state index is -0.674. The standard InChI is InChI=1S/C20H18N2O6S/c1-3-27-18-8-7-14(10-17(18)22(24)25)20(23)28-11-15-12-29-19(21-15)13-5-4-6-16(9-13)26-2/h4-10,12H,3,11H2,1-2H3. The molecule has 29 heavy (non-hydrogen) atoms. The molecule has 0 aliphatic carbocycles. The van der Waals surface area contributed by atoms with Gasteiger partial charge in [0, 0.05) is 17.0 Å². The SMILES string of the molecule is CCOc1ccc(C(=O)OCc2csc(-c3cccc(OC)c3)n2)cc1[N+](=O)[O-]. The van der Waals surface area contributed by atoms with Crippen LogP contribution in [0.5, 0.6) is 11.5 Å². The first kappa shape index (κ1) is 20.3. The maximum absolute atomic E-state index is 12.3. The average molecular weight is 414 g/mol. The highest BCUT2D eigenvalue weighted by Crippen LogP contribution is 2.29. The second-order valence-electron chi connectivity index (χ2n) is 5.82. The number of nitrogens with zero attached hydrogens (tertiary/aromatic N) is 2. The number of hydrogen-bond donors (Lipinski definition) is 0. The molecule has 0 saturated heterocycles. The lowest BCUT2D eigenvalue weighted by Crippen LogP contribution is -2.07. The third-order valence-corrected chi connectivity index (χ3v) is 4.85. The van der Waals surface area contributed by atoms with E-state index < -0.39 is 10.9 Å². The molecule has 0 aliphatic rings. The number of esters is 1. The number of hydrogen-bond acceptors (Lipinski definition) is 8. The number of benzene rings is 2. The largest absolute Gasteiger partial charge is 0.497 e. The minimum Gasteiger partial charge on any atom is -0.497 e. The fraction of sp³-hybridized carbons (Fsp3) is 0.200. The van der Waals surface area contributed by atoms with Crippen molar-refractivity contribution >= 4 is 23.0 Å². The molecular formula is C20H18N2O6S. The molecule has 0 saturated carbocycles. The van der Waals surface area contributed by atoms with E-state index in [4.69, 9.17) is 14.2 Å². The Hall–Kier alpha value is -3.46. The van der Waals surface area contributed by atoms with Crippen LogP contribution >= 0.6 is 11.3 Å². The lowest BCUT2D eigenvalue weighted by Gasteiger charge is -2.06. The van der Waals surface area contributed by atoms with Gasteiger partial charge in [0.25, 0.3) is 0 Å². The third-order valence-electron chi connectivity index (χ3n) is 3.91. The summed E-state index contributed by atoms with van der Waals surface area (Å²) in [6, 6.07) is 11.5. The minimum absolute atomic E-state index is 0.0414. The monoisotopic (exact) mass is 414 g/mol. The smallest absolute Gasteiger partial charge is 0.338 e. The summed E-state index contributed by atoms with van der Waals surface area (Å²) in [5.74, 6) is 0.159. The molecule has 150 valence electrons. The van der Waals surface area contributed by atoms with Crippen molar-refractivity contribution in [2.75, 3.05) is 13.7 Å². The van der Waals surface area contributed by atoms with Gasteiger partial charge in [-0.2, -0.15) is 0 Å². The lowest BCUT2D eigenvalue weighted by atomic mass is 10.2. The van der Waals surface area contributed by atoms with Crippen LogP contribution in [-0.4, -0.2) is 29.6 Å². The van der Waals surface area contributed by atoms with Crippen molar-refractivity contribution in [1.29, 1.82) is 0 Å². The maximum Gasteiger partial charge on any atom is 0.338 e. The zero-order chi connectivity index (χ0) is 20.8. The fourth-order valence-electron chi connectivity index (χ4n) is 2.55. The molecule has 1 aromatic heterocycles. The molecule has 9 heteroatoms. The van der Waals surface area contributed by atoms with Gasteiger partial charge in [-0.05, 0) is 31.2 Å². The fourth-order valence-corrected chi connectivity index (χ4v) is 3.35. The normalized spacial score (nSPS) is 10.4. The third kappa shape index (κ3) is 4.88. The first-order valence-electron chi connectivity index (χ1n) is 8.69. The van der Waals surface area contributed by atoms with Gasteiger partial charge < -0.3 is 14.2 Å². The molecular weight excluding hydrogens is 396 g/mol. The Bertz CT molecular complexity index is 1030. The zero-order valence-corrected chi connectivity index (χ0v) is 16.6. The van der Waals surface area contributed by atoms with Crippen molar-refractivity contribution in [1.82, 2.24) is 4.98 Å². The van der Waals surface area contributed by atoms with E-state index >= 15 is 0 Å². The molecule has 0 spiro atoms. The summed E-state index contributed by atoms with van der Waals surface area (Å²) in [6.07, 6.45) is 0. The van der Waals surface area contributed by atoms with Crippen LogP contribution in [-0.2, 0) is 11.3 Å². The number of nitro benzene ring substituents is 1. The van der Waals surface area contributed by atoms with Crippen LogP contribution in [0.1, 0.15) is 23.0 Å². The summed E-state index contributed by atoms with van der Waals surface area (Å²) in [5.41, 5.74) is 1.27. The van der Waals surface area contributed by atoms with Crippen LogP contribution in [0.3, 0.4) is 0 Å². The van der Waals surface area contributed by atoms with Crippen LogP contribution in [0.4, 0.5) is 5.69 Å². The Labute approximate surface area is 170 Å². The van der Waals surface area contributed by atoms with E-state index in [0.29, 0.717) is 5.69 Å². The topological polar surface area (TPSA) is 101 Å². The summed E-state index contributed by atoms with van der Waals surface area (Å²) < 4.78 is 15.7. The van der Waals surface area contributed by atoms with Crippen molar-refractivity contribution in [2.45, 2.75) is 13.5 Å². The highest BCUT2D eigenvalue weighted by Gasteiger charge is 2.19. The van der Waals surface area contributed by atoms with Gasteiger partial charge in [0.05, 0.1) is 29.9 Å². The molecule has 1 heterocycles. The number of rotatable bonds is 8. The van der Waals surface area contributed by atoms with Gasteiger partial charge >= 0.3 is 11.7 Å². The van der Waals surface area contributed by atoms with Gasteiger partial charge in [-0.15, -0.1) is 11.3 Å². The Morgan fingerprint density at radius 2 is 2.07 bits per heavy atom. The molecule has 0 unspecified atom stereocenters. The van der Waals surface area contributed by atoms with Crippen LogP contribution in [0.2, 0.25) is 0 Å². The average Bonchev–Trinajstić information content (AvgIpc) is 3.21. The molecule has 0 amide bonds. The van der Waals surface area contributed by atoms with E-state index in [2.05, 4.69) is 4.98 Å². The van der Waals surface area contributed by atoms with E-state index in [-0.39, 0.29) is 30.2 Å². The highest BCUT2D eigenvalue weighted by molar-refractivity contribution is 7.13. The van der Waals surface area contributed by atoms with Crippen LogP contribution < -0.4 is 9.47 Å². The van der Waals surface area contributed by atoms with Gasteiger partial charge in [-0.25, -0.2) is 9.78 Å². The van der Waals surface area contributed by atoms with Crippen molar-refractivity contribution < 1.29 is 23.9 Å². The molecule has 0 aliphatic heterocycles. The van der Waals surface area contributed by atoms with E-state index in [1.807, 2.05) is 24.3 Å². The van der Waals surface area contributed by atoms with E-state index in [1.165, 1.54) is 23.5 Å². The van der Waals surface area contributed by atoms with Crippen LogP contribution in [0, 0.1) is 10.1 Å². The predicted octanol–water partition coefficient (Wildman–Crippen LogP) is 4.48. The molecule has 0 atom stereocenters. The number of nitro groups is 1. The molecule has 3 aromatic rings. The second kappa shape index (κ2) is 9.16. The Kier molecular flexibility index (Phi) is 6.40. The molecule has 0 N–H and O–H groups in total. The first-order chi connectivity index (χ1) is 14.0. The van der Waals surface area contributed by atoms with Gasteiger partial charge in [0.15, 0.2) is 5.75 Å². The summed E-state index contributed by atoms with van der Waals surface area (Å²) >= 11 is 1.42. The number of methoxy groups -OCH3 is 1. The van der Waals surface area contributed by atoms with Gasteiger partial charge in [0.1, 0.15) is 17.4 Å². The van der Waals surface area contributed by atoms with E-state index in [0.717, 1.165) is 22.4 Å². The number of carbonyl (C=O) groups is 1. The zero-order valence-electron chi connectivity index (χ0n) is 15.8. The summed E-state index contributed by atoms with van der Waals surface area (Å²) in [7, 11) is 1.59. The lowest BCUT2D eigenvalue weighted by molar-refractivity contribution is -0.385. The Morgan fingerprint density at radius 1 is 1.24 bits per heavy atom. The summed E-state index contributed by atoms with van der Waals surface area (Å²) in [5, 5.41) is 13.8. The van der Waals surface area contributed by atoms with E-state index in [1.54, 1.807) is 19.4 Å². The summed E-state index contributed by atoms with van der Waals surface area (Å²) in [4.78, 5) is 27.4. The Morgan fingerprint density at radius 3 is 2.79 bits per heavy atom. The van der Waals surface area contributed by atoms with Crippen LogP contribution in [0.15, 0.2) is 47.8 Å². The van der Waals surface area contributed by atoms with Crippen molar-refractivity contribution in [3.05, 3.63) is 69.2 Å². The van der Waals surface area contributed by atoms with Gasteiger partial charge in [0.2, 0.25) is 0 Å². The highest BCUT2D eigenvalue weighted by atomic mass is 32.1. The number of ether oxygens (including phenoxy) is 3. The Balaban J connectivity index is 1.69. The molecule has 8 nitrogen and oxygen atoms in total. The van der Waals surface area contributed by atoms with Gasteiger partial charge in [-0.3, -0.25) is 10.1 Å². The van der Waals surface area contributed by atoms with Crippen molar-refractivity contribution in [2.24, 2.45) is 0 Å². The molecule has 2 aromatic carbocycles. The van der Waals surface area contributed by atoms with Crippen molar-refractivity contribution in [3.8, 4) is 22.1 Å². The first-order valence-corrected chi connectivity index (χ1v) is 9.57. The second-order valence-corrected chi connectivity index (χ2v) is 6.68. The maximum atomic E-state index is 12.3. The number of aromatic nitrogens is 1. The van der Waals surface area contributed by atoms with Crippen molar-refractivity contribution in [3.63, 3.8) is 0 Å². The van der Waals surface area contributed by atoms with Crippen LogP contribution in [0.25, 0.3) is 10.6 Å².